The number of phosphoric acid groups is 1. The molecule has 6 atom stereocenters. The largest absolute Gasteiger partial charge is 0.472 e. The highest BCUT2D eigenvalue weighted by Crippen LogP contribution is 2.62. The van der Waals surface area contributed by atoms with Crippen LogP contribution in [-0.4, -0.2) is 73.4 Å². The van der Waals surface area contributed by atoms with Gasteiger partial charge >= 0.3 is 7.82 Å². The van der Waals surface area contributed by atoms with Gasteiger partial charge in [0, 0.05) is 13.0 Å². The highest BCUT2D eigenvalue weighted by atomic mass is 31.2. The van der Waals surface area contributed by atoms with Gasteiger partial charge in [0.05, 0.1) is 18.9 Å². The number of rotatable bonds is 23. The summed E-state index contributed by atoms with van der Waals surface area (Å²) in [7, 11) is -4.54. The average molecular weight is 666 g/mol. The van der Waals surface area contributed by atoms with E-state index in [-0.39, 0.29) is 31.1 Å². The lowest BCUT2D eigenvalue weighted by molar-refractivity contribution is -0.0758. The third-order valence-corrected chi connectivity index (χ3v) is 10.1. The molecule has 5 N–H and O–H groups in total. The van der Waals surface area contributed by atoms with Gasteiger partial charge in [0.15, 0.2) is 5.82 Å². The van der Waals surface area contributed by atoms with Crippen molar-refractivity contribution in [2.24, 2.45) is 0 Å². The van der Waals surface area contributed by atoms with Crippen LogP contribution in [0.15, 0.2) is 18.5 Å². The summed E-state index contributed by atoms with van der Waals surface area (Å²) in [5.41, 5.74) is 2.79. The van der Waals surface area contributed by atoms with E-state index in [1.54, 1.807) is 6.07 Å². The number of aromatic nitrogens is 3. The molecule has 14 heteroatoms. The second kappa shape index (κ2) is 17.3. The first-order valence-corrected chi connectivity index (χ1v) is 18.5. The predicted molar refractivity (Wildman–Crippen MR) is 172 cm³/mol. The maximum atomic E-state index is 12.6. The van der Waals surface area contributed by atoms with Crippen LogP contribution in [0, 0.1) is 11.3 Å². The Hall–Kier alpha value is -2.14. The Morgan fingerprint density at radius 2 is 1.59 bits per heavy atom. The Kier molecular flexibility index (Phi) is 13.8. The number of hydrogen-bond donors (Lipinski definition) is 4. The van der Waals surface area contributed by atoms with Crippen LogP contribution >= 0.6 is 7.82 Å². The van der Waals surface area contributed by atoms with Gasteiger partial charge in [-0.1, -0.05) is 96.8 Å². The monoisotopic (exact) mass is 665 g/mol. The molecule has 1 saturated carbocycles. The maximum Gasteiger partial charge on any atom is 0.472 e. The number of nitriles is 1. The van der Waals surface area contributed by atoms with Gasteiger partial charge in [-0.3, -0.25) is 9.05 Å². The quantitative estimate of drug-likeness (QED) is 0.0883. The van der Waals surface area contributed by atoms with Gasteiger partial charge < -0.3 is 30.3 Å². The zero-order valence-corrected chi connectivity index (χ0v) is 28.0. The summed E-state index contributed by atoms with van der Waals surface area (Å²) in [4.78, 5) is 14.2. The second-order valence-corrected chi connectivity index (χ2v) is 14.0. The molecular weight excluding hydrogens is 613 g/mol. The predicted octanol–water partition coefficient (Wildman–Crippen LogP) is 5.32. The van der Waals surface area contributed by atoms with Crippen molar-refractivity contribution in [1.29, 1.82) is 5.26 Å². The Bertz CT molecular complexity index is 1320. The van der Waals surface area contributed by atoms with Crippen molar-refractivity contribution in [2.45, 2.75) is 139 Å². The van der Waals surface area contributed by atoms with Crippen LogP contribution < -0.4 is 5.73 Å². The van der Waals surface area contributed by atoms with Crippen molar-refractivity contribution in [3.05, 3.63) is 24.2 Å². The van der Waals surface area contributed by atoms with Crippen molar-refractivity contribution in [2.75, 3.05) is 25.6 Å². The average Bonchev–Trinajstić information content (AvgIpc) is 3.41. The summed E-state index contributed by atoms with van der Waals surface area (Å²) in [5.74, 6) is 0.155. The molecule has 2 aromatic rings. The maximum absolute atomic E-state index is 12.6. The summed E-state index contributed by atoms with van der Waals surface area (Å²) in [6.07, 6.45) is 16.1. The van der Waals surface area contributed by atoms with E-state index in [1.807, 2.05) is 6.07 Å². The Labute approximate surface area is 272 Å². The van der Waals surface area contributed by atoms with E-state index >= 15 is 0 Å². The summed E-state index contributed by atoms with van der Waals surface area (Å²) in [6.45, 7) is 2.77. The molecule has 1 aliphatic carbocycles. The summed E-state index contributed by atoms with van der Waals surface area (Å²) in [5, 5.41) is 36.0. The van der Waals surface area contributed by atoms with Crippen LogP contribution in [0.25, 0.3) is 5.52 Å². The van der Waals surface area contributed by atoms with Crippen molar-refractivity contribution < 1.29 is 38.2 Å². The van der Waals surface area contributed by atoms with Gasteiger partial charge in [-0.25, -0.2) is 14.1 Å². The summed E-state index contributed by atoms with van der Waals surface area (Å²) >= 11 is 0. The van der Waals surface area contributed by atoms with Gasteiger partial charge in [-0.05, 0) is 18.6 Å². The molecule has 3 heterocycles. The van der Waals surface area contributed by atoms with Crippen LogP contribution in [0.4, 0.5) is 5.82 Å². The van der Waals surface area contributed by atoms with Crippen molar-refractivity contribution in [1.82, 2.24) is 14.6 Å². The number of aliphatic hydroxyl groups excluding tert-OH is 2. The minimum atomic E-state index is -4.54. The van der Waals surface area contributed by atoms with E-state index in [0.717, 1.165) is 12.8 Å². The fourth-order valence-electron chi connectivity index (χ4n) is 6.35. The van der Waals surface area contributed by atoms with Crippen LogP contribution in [0.2, 0.25) is 0 Å². The third kappa shape index (κ3) is 9.05. The number of phosphoric ester groups is 1. The SMILES string of the molecule is CCCCCCCCCCCCCCCCCOCCOP(=O)(O)O[C@H]1C[C@]12O[C@@](C#N)(c1ccc3c(N)ncnn13)[C@H](O)[C@@H]2O. The standard InChI is InChI=1S/C32H52N5O8P/c1-2-3-4-5-6-7-8-9-10-11-12-13-14-15-16-19-42-20-21-43-46(40,41)44-27-22-31(27)28(38)29(39)32(23-33,45-31)26-18-17-25-30(34)35-24-36-37(25)26/h17-18,24,27-29,38-39H,2-16,19-22H2,1H3,(H,40,41)(H2,34,35,36)/t27-,28-,29+,31-,32-/m0/s1. The van der Waals surface area contributed by atoms with Crippen molar-refractivity contribution >= 4 is 19.2 Å². The van der Waals surface area contributed by atoms with E-state index in [9.17, 15) is 24.9 Å². The third-order valence-electron chi connectivity index (χ3n) is 9.12. The molecule has 1 saturated heterocycles. The van der Waals surface area contributed by atoms with E-state index in [4.69, 9.17) is 24.3 Å². The highest BCUT2D eigenvalue weighted by Gasteiger charge is 2.76. The minimum Gasteiger partial charge on any atom is -0.387 e. The first kappa shape index (κ1) is 36.7. The molecule has 46 heavy (non-hydrogen) atoms. The van der Waals surface area contributed by atoms with Gasteiger partial charge in [0.25, 0.3) is 0 Å². The smallest absolute Gasteiger partial charge is 0.387 e. The minimum absolute atomic E-state index is 0.0291. The molecule has 1 spiro atoms. The number of anilines is 1. The summed E-state index contributed by atoms with van der Waals surface area (Å²) < 4.78 is 35.8. The van der Waals surface area contributed by atoms with E-state index in [0.29, 0.717) is 12.1 Å². The van der Waals surface area contributed by atoms with Crippen molar-refractivity contribution in [3.8, 4) is 6.07 Å². The van der Waals surface area contributed by atoms with Crippen molar-refractivity contribution in [3.63, 3.8) is 0 Å². The Morgan fingerprint density at radius 1 is 0.978 bits per heavy atom. The molecule has 0 aromatic carbocycles. The van der Waals surface area contributed by atoms with Gasteiger partial charge in [0.2, 0.25) is 5.60 Å². The molecular formula is C32H52N5O8P. The van der Waals surface area contributed by atoms with E-state index in [1.165, 1.54) is 100 Å². The van der Waals surface area contributed by atoms with Crippen LogP contribution in [0.1, 0.15) is 115 Å². The lowest BCUT2D eigenvalue weighted by Gasteiger charge is -2.24. The molecule has 0 radical (unpaired) electrons. The normalized spacial score (nSPS) is 26.9. The molecule has 4 rings (SSSR count). The van der Waals surface area contributed by atoms with E-state index in [2.05, 4.69) is 17.0 Å². The highest BCUT2D eigenvalue weighted by molar-refractivity contribution is 7.47. The van der Waals surface area contributed by atoms with E-state index < -0.39 is 37.3 Å². The molecule has 2 aliphatic rings. The lowest BCUT2D eigenvalue weighted by atomic mass is 9.92. The fourth-order valence-corrected chi connectivity index (χ4v) is 7.29. The number of nitrogens with zero attached hydrogens (tertiary/aromatic N) is 4. The zero-order valence-electron chi connectivity index (χ0n) is 27.1. The number of nitrogens with two attached hydrogens (primary N) is 1. The van der Waals surface area contributed by atoms with Crippen LogP contribution in [-0.2, 0) is 28.7 Å². The molecule has 2 fully saturated rings. The number of unbranched alkanes of at least 4 members (excludes halogenated alkanes) is 14. The molecule has 1 aliphatic heterocycles. The van der Waals surface area contributed by atoms with Gasteiger partial charge in [0.1, 0.15) is 41.8 Å². The molecule has 2 aromatic heterocycles. The number of hydrogen-bond acceptors (Lipinski definition) is 11. The molecule has 1 unspecified atom stereocenters. The van der Waals surface area contributed by atoms with Crippen LogP contribution in [0.3, 0.4) is 0 Å². The fraction of sp³-hybridized carbons (Fsp3) is 0.781. The first-order valence-electron chi connectivity index (χ1n) is 17.0. The number of ether oxygens (including phenoxy) is 2. The summed E-state index contributed by atoms with van der Waals surface area (Å²) in [6, 6.07) is 5.01. The first-order chi connectivity index (χ1) is 22.2. The Balaban J connectivity index is 1.06. The number of nitrogen functional groups attached to an aromatic ring is 1. The topological polar surface area (TPSA) is 195 Å². The number of aliphatic hydroxyl groups is 2. The zero-order chi connectivity index (χ0) is 33.0. The Morgan fingerprint density at radius 3 is 2.20 bits per heavy atom. The molecule has 13 nitrogen and oxygen atoms in total. The van der Waals surface area contributed by atoms with Gasteiger partial charge in [-0.2, -0.15) is 10.4 Å². The second-order valence-electron chi connectivity index (χ2n) is 12.6. The van der Waals surface area contributed by atoms with Crippen LogP contribution in [0.5, 0.6) is 0 Å². The molecule has 258 valence electrons. The molecule has 0 amide bonds. The van der Waals surface area contributed by atoms with Gasteiger partial charge in [-0.15, -0.1) is 0 Å². The number of fused-ring (bicyclic) bond motifs is 1. The molecule has 0 bridgehead atoms. The lowest BCUT2D eigenvalue weighted by Crippen LogP contribution is -2.41.